The first-order chi connectivity index (χ1) is 18.3. The molecule has 0 amide bonds. The number of thiophene rings is 1. The number of para-hydroxylation sites is 1. The van der Waals surface area contributed by atoms with Gasteiger partial charge in [-0.05, 0) is 48.9 Å². The van der Waals surface area contributed by atoms with Crippen molar-refractivity contribution in [3.63, 3.8) is 0 Å². The van der Waals surface area contributed by atoms with Crippen molar-refractivity contribution in [2.75, 3.05) is 0 Å². The highest BCUT2D eigenvalue weighted by molar-refractivity contribution is 7.90. The predicted molar refractivity (Wildman–Crippen MR) is 141 cm³/mol. The third-order valence-electron chi connectivity index (χ3n) is 6.69. The van der Waals surface area contributed by atoms with Crippen molar-refractivity contribution in [2.24, 2.45) is 0 Å². The van der Waals surface area contributed by atoms with Crippen LogP contribution >= 0.6 is 11.3 Å². The van der Waals surface area contributed by atoms with Gasteiger partial charge in [-0.1, -0.05) is 36.4 Å². The van der Waals surface area contributed by atoms with Crippen LogP contribution in [0.4, 0.5) is 18.9 Å². The molecule has 204 valence electrons. The highest BCUT2D eigenvalue weighted by Gasteiger charge is 2.51. The zero-order chi connectivity index (χ0) is 28.2. The first kappa shape index (κ1) is 27.2. The summed E-state index contributed by atoms with van der Waals surface area (Å²) in [6, 6.07) is 13.9. The van der Waals surface area contributed by atoms with Gasteiger partial charge < -0.3 is 5.11 Å². The number of alkyl halides is 3. The summed E-state index contributed by atoms with van der Waals surface area (Å²) < 4.78 is 69.6. The lowest BCUT2D eigenvalue weighted by atomic mass is 9.94. The molecule has 2 atom stereocenters. The molecule has 5 rings (SSSR count). The van der Waals surface area contributed by atoms with Crippen LogP contribution in [-0.2, 0) is 15.6 Å². The standard InChI is InChI=1S/C26H22F3N3O5S2/c1-25(33,26(27,28)29)16-11-12-30-20(14-16)18-7-4-5-15-13-22(38-24(15)18)23(31-39(36,37)17-9-10-17)19-6-2-3-8-21(19)32(34)35/h2-8,11-14,17,23,31,33H,9-10H2,1H3/t23-,25-/m1/s1. The summed E-state index contributed by atoms with van der Waals surface area (Å²) in [5.74, 6) is 0. The van der Waals surface area contributed by atoms with Gasteiger partial charge in [-0.3, -0.25) is 15.1 Å². The lowest BCUT2D eigenvalue weighted by molar-refractivity contribution is -0.385. The molecule has 0 saturated heterocycles. The van der Waals surface area contributed by atoms with Crippen LogP contribution in [0.3, 0.4) is 0 Å². The zero-order valence-corrected chi connectivity index (χ0v) is 22.0. The summed E-state index contributed by atoms with van der Waals surface area (Å²) >= 11 is 1.16. The van der Waals surface area contributed by atoms with Gasteiger partial charge in [-0.15, -0.1) is 11.3 Å². The minimum absolute atomic E-state index is 0.168. The fourth-order valence-electron chi connectivity index (χ4n) is 4.28. The maximum Gasteiger partial charge on any atom is 0.421 e. The number of fused-ring (bicyclic) bond motifs is 1. The molecule has 0 radical (unpaired) electrons. The predicted octanol–water partition coefficient (Wildman–Crippen LogP) is 5.81. The quantitative estimate of drug-likeness (QED) is 0.201. The lowest BCUT2D eigenvalue weighted by Gasteiger charge is -2.26. The van der Waals surface area contributed by atoms with E-state index in [1.54, 1.807) is 30.3 Å². The van der Waals surface area contributed by atoms with Crippen LogP contribution in [0.15, 0.2) is 66.9 Å². The highest BCUT2D eigenvalue weighted by atomic mass is 32.2. The molecule has 13 heteroatoms. The molecule has 0 bridgehead atoms. The number of sulfonamides is 1. The molecule has 1 aliphatic rings. The van der Waals surface area contributed by atoms with E-state index >= 15 is 0 Å². The minimum Gasteiger partial charge on any atom is -0.376 e. The number of nitro groups is 1. The van der Waals surface area contributed by atoms with E-state index in [0.717, 1.165) is 23.5 Å². The Balaban J connectivity index is 1.65. The van der Waals surface area contributed by atoms with Gasteiger partial charge in [0.2, 0.25) is 10.0 Å². The van der Waals surface area contributed by atoms with E-state index in [4.69, 9.17) is 0 Å². The Kier molecular flexibility index (Phi) is 6.74. The number of nitro benzene ring substituents is 1. The van der Waals surface area contributed by atoms with Gasteiger partial charge in [0, 0.05) is 27.4 Å². The minimum atomic E-state index is -4.91. The van der Waals surface area contributed by atoms with E-state index in [2.05, 4.69) is 9.71 Å². The molecule has 39 heavy (non-hydrogen) atoms. The number of hydrogen-bond acceptors (Lipinski definition) is 7. The Morgan fingerprint density at radius 3 is 2.51 bits per heavy atom. The van der Waals surface area contributed by atoms with E-state index in [1.807, 2.05) is 0 Å². The third-order valence-corrected chi connectivity index (χ3v) is 9.85. The van der Waals surface area contributed by atoms with Crippen molar-refractivity contribution in [3.05, 3.63) is 93.0 Å². The number of halogens is 3. The van der Waals surface area contributed by atoms with Gasteiger partial charge in [0.1, 0.15) is 0 Å². The van der Waals surface area contributed by atoms with Gasteiger partial charge in [0.15, 0.2) is 5.60 Å². The fraction of sp³-hybridized carbons (Fsp3) is 0.269. The average Bonchev–Trinajstić information content (AvgIpc) is 3.66. The lowest BCUT2D eigenvalue weighted by Crippen LogP contribution is -2.39. The third kappa shape index (κ3) is 5.14. The molecule has 2 N–H and O–H groups in total. The normalized spacial score (nSPS) is 16.6. The summed E-state index contributed by atoms with van der Waals surface area (Å²) in [7, 11) is -3.77. The number of hydrogen-bond donors (Lipinski definition) is 2. The van der Waals surface area contributed by atoms with Gasteiger partial charge in [0.05, 0.1) is 27.5 Å². The van der Waals surface area contributed by atoms with Crippen molar-refractivity contribution in [2.45, 2.75) is 42.8 Å². The summed E-state index contributed by atoms with van der Waals surface area (Å²) in [6.07, 6.45) is -2.74. The molecule has 0 aliphatic heterocycles. The Bertz CT molecular complexity index is 1680. The molecule has 0 unspecified atom stereocenters. The van der Waals surface area contributed by atoms with Crippen molar-refractivity contribution in [1.82, 2.24) is 9.71 Å². The van der Waals surface area contributed by atoms with E-state index in [0.29, 0.717) is 40.3 Å². The second-order valence-corrected chi connectivity index (χ2v) is 12.6. The van der Waals surface area contributed by atoms with Crippen molar-refractivity contribution >= 4 is 37.1 Å². The van der Waals surface area contributed by atoms with E-state index in [1.165, 1.54) is 24.4 Å². The summed E-state index contributed by atoms with van der Waals surface area (Å²) in [4.78, 5) is 15.9. The molecular formula is C26H22F3N3O5S2. The maximum atomic E-state index is 13.5. The Morgan fingerprint density at radius 2 is 1.85 bits per heavy atom. The zero-order valence-electron chi connectivity index (χ0n) is 20.3. The van der Waals surface area contributed by atoms with E-state index in [-0.39, 0.29) is 22.5 Å². The summed E-state index contributed by atoms with van der Waals surface area (Å²) in [5.41, 5.74) is -2.92. The molecule has 1 aliphatic carbocycles. The molecule has 2 aromatic carbocycles. The van der Waals surface area contributed by atoms with E-state index < -0.39 is 38.0 Å². The van der Waals surface area contributed by atoms with Gasteiger partial charge in [-0.25, -0.2) is 13.1 Å². The Hall–Kier alpha value is -3.39. The highest BCUT2D eigenvalue weighted by Crippen LogP contribution is 2.43. The topological polar surface area (TPSA) is 122 Å². The van der Waals surface area contributed by atoms with Gasteiger partial charge >= 0.3 is 6.18 Å². The van der Waals surface area contributed by atoms with E-state index in [9.17, 15) is 36.8 Å². The van der Waals surface area contributed by atoms with Crippen LogP contribution in [-0.4, -0.2) is 34.9 Å². The number of nitrogens with zero attached hydrogens (tertiary/aromatic N) is 2. The SMILES string of the molecule is C[C@@](O)(c1ccnc(-c2cccc3cc([C@H](NS(=O)(=O)C4CC4)c4ccccc4[N+](=O)[O-])sc23)c1)C(F)(F)F. The first-order valence-corrected chi connectivity index (χ1v) is 14.2. The molecule has 1 saturated carbocycles. The second kappa shape index (κ2) is 9.66. The number of benzene rings is 2. The number of nitrogens with one attached hydrogen (secondary N) is 1. The number of aliphatic hydroxyl groups is 1. The summed E-state index contributed by atoms with van der Waals surface area (Å²) in [5, 5.41) is 22.0. The van der Waals surface area contributed by atoms with Crippen LogP contribution < -0.4 is 4.72 Å². The van der Waals surface area contributed by atoms with Gasteiger partial charge in [0.25, 0.3) is 5.69 Å². The molecule has 2 aromatic heterocycles. The molecular weight excluding hydrogens is 555 g/mol. The fourth-order valence-corrected chi connectivity index (χ4v) is 7.14. The Labute approximate surface area is 225 Å². The van der Waals surface area contributed by atoms with Crippen molar-refractivity contribution in [1.29, 1.82) is 0 Å². The number of pyridine rings is 1. The van der Waals surface area contributed by atoms with Crippen molar-refractivity contribution < 1.29 is 31.6 Å². The molecule has 8 nitrogen and oxygen atoms in total. The summed E-state index contributed by atoms with van der Waals surface area (Å²) in [6.45, 7) is 0.666. The molecule has 2 heterocycles. The smallest absolute Gasteiger partial charge is 0.376 e. The van der Waals surface area contributed by atoms with Gasteiger partial charge in [-0.2, -0.15) is 13.2 Å². The van der Waals surface area contributed by atoms with Crippen LogP contribution in [0.2, 0.25) is 0 Å². The molecule has 0 spiro atoms. The van der Waals surface area contributed by atoms with Crippen LogP contribution in [0.5, 0.6) is 0 Å². The monoisotopic (exact) mass is 577 g/mol. The second-order valence-electron chi connectivity index (χ2n) is 9.48. The molecule has 4 aromatic rings. The number of rotatable bonds is 8. The van der Waals surface area contributed by atoms with Crippen LogP contribution in [0, 0.1) is 10.1 Å². The molecule has 1 fully saturated rings. The Morgan fingerprint density at radius 1 is 1.13 bits per heavy atom. The van der Waals surface area contributed by atoms with Crippen molar-refractivity contribution in [3.8, 4) is 11.3 Å². The largest absolute Gasteiger partial charge is 0.421 e. The van der Waals surface area contributed by atoms with Crippen LogP contribution in [0.25, 0.3) is 21.3 Å². The maximum absolute atomic E-state index is 13.5. The average molecular weight is 578 g/mol. The number of aromatic nitrogens is 1. The van der Waals surface area contributed by atoms with Crippen LogP contribution in [0.1, 0.15) is 41.8 Å². The first-order valence-electron chi connectivity index (χ1n) is 11.8.